The largest absolute Gasteiger partial charge is 0.337 e. The molecular weight excluding hydrogens is 364 g/mol. The predicted octanol–water partition coefficient (Wildman–Crippen LogP) is 4.91. The van der Waals surface area contributed by atoms with E-state index in [1.54, 1.807) is 18.5 Å². The van der Waals surface area contributed by atoms with Gasteiger partial charge in [-0.05, 0) is 49.0 Å². The second-order valence-corrected chi connectivity index (χ2v) is 7.27. The van der Waals surface area contributed by atoms with Crippen LogP contribution >= 0.6 is 23.6 Å². The number of aromatic nitrogens is 2. The molecule has 8 heteroatoms. The minimum absolute atomic E-state index is 0.479. The highest BCUT2D eigenvalue weighted by Gasteiger charge is 2.14. The number of guanidine groups is 1. The van der Waals surface area contributed by atoms with E-state index in [9.17, 15) is 5.26 Å². The molecule has 3 aromatic rings. The third kappa shape index (κ3) is 4.25. The molecule has 0 amide bonds. The minimum Gasteiger partial charge on any atom is -0.337 e. The van der Waals surface area contributed by atoms with Crippen LogP contribution in [-0.2, 0) is 0 Å². The van der Waals surface area contributed by atoms with Gasteiger partial charge in [0.15, 0.2) is 10.1 Å². The van der Waals surface area contributed by atoms with Crippen molar-refractivity contribution in [3.8, 4) is 6.19 Å². The number of pyridine rings is 1. The summed E-state index contributed by atoms with van der Waals surface area (Å²) in [6, 6.07) is 9.53. The average molecular weight is 383 g/mol. The number of nitriles is 1. The van der Waals surface area contributed by atoms with Crippen molar-refractivity contribution in [2.75, 3.05) is 16.8 Å². The molecule has 0 aliphatic rings. The zero-order valence-corrected chi connectivity index (χ0v) is 15.9. The van der Waals surface area contributed by atoms with Crippen molar-refractivity contribution < 1.29 is 0 Å². The molecule has 0 aliphatic carbocycles. The molecular formula is C18H18N6S2. The van der Waals surface area contributed by atoms with Crippen LogP contribution < -0.4 is 10.2 Å². The lowest BCUT2D eigenvalue weighted by atomic mass is 10.3. The lowest BCUT2D eigenvalue weighted by molar-refractivity contribution is 0.806. The number of fused-ring (bicyclic) bond motifs is 1. The van der Waals surface area contributed by atoms with Crippen LogP contribution in [0.4, 0.5) is 11.4 Å². The van der Waals surface area contributed by atoms with Crippen LogP contribution in [0.2, 0.25) is 0 Å². The van der Waals surface area contributed by atoms with Crippen LogP contribution in [0.1, 0.15) is 19.8 Å². The zero-order valence-electron chi connectivity index (χ0n) is 14.3. The van der Waals surface area contributed by atoms with E-state index >= 15 is 0 Å². The summed E-state index contributed by atoms with van der Waals surface area (Å²) in [4.78, 5) is 13.3. The fourth-order valence-corrected chi connectivity index (χ4v) is 3.53. The maximum Gasteiger partial charge on any atom is 0.216 e. The third-order valence-corrected chi connectivity index (χ3v) is 4.86. The number of hydrogen-bond acceptors (Lipinski definition) is 5. The number of rotatable bonds is 5. The second kappa shape index (κ2) is 8.56. The number of hydrogen-bond donors (Lipinski definition) is 2. The Balaban J connectivity index is 1.93. The number of benzene rings is 1. The Morgan fingerprint density at radius 2 is 2.35 bits per heavy atom. The summed E-state index contributed by atoms with van der Waals surface area (Å²) in [5.74, 6) is 0.479. The van der Waals surface area contributed by atoms with Gasteiger partial charge in [-0.25, -0.2) is 4.90 Å². The highest BCUT2D eigenvalue weighted by molar-refractivity contribution is 7.73. The van der Waals surface area contributed by atoms with Gasteiger partial charge < -0.3 is 10.3 Å². The van der Waals surface area contributed by atoms with E-state index in [1.807, 2.05) is 24.3 Å². The highest BCUT2D eigenvalue weighted by atomic mass is 32.1. The van der Waals surface area contributed by atoms with Gasteiger partial charge in [-0.15, -0.1) is 11.3 Å². The Bertz CT molecular complexity index is 1000. The molecule has 0 unspecified atom stereocenters. The van der Waals surface area contributed by atoms with Crippen molar-refractivity contribution in [2.24, 2.45) is 4.99 Å². The van der Waals surface area contributed by atoms with Crippen LogP contribution in [0, 0.1) is 15.4 Å². The van der Waals surface area contributed by atoms with E-state index < -0.39 is 0 Å². The van der Waals surface area contributed by atoms with Gasteiger partial charge >= 0.3 is 0 Å². The maximum atomic E-state index is 9.67. The van der Waals surface area contributed by atoms with E-state index in [-0.39, 0.29) is 0 Å². The highest BCUT2D eigenvalue weighted by Crippen LogP contribution is 2.24. The molecule has 0 atom stereocenters. The topological polar surface area (TPSA) is 80.1 Å². The number of aliphatic imine (C=N–C) groups is 1. The van der Waals surface area contributed by atoms with Crippen molar-refractivity contribution in [3.63, 3.8) is 0 Å². The minimum atomic E-state index is 0.479. The van der Waals surface area contributed by atoms with Gasteiger partial charge in [0.25, 0.3) is 0 Å². The number of aromatic amines is 1. The Hall–Kier alpha value is -2.76. The van der Waals surface area contributed by atoms with Crippen LogP contribution in [0.5, 0.6) is 0 Å². The summed E-state index contributed by atoms with van der Waals surface area (Å²) in [6.45, 7) is 2.75. The summed E-state index contributed by atoms with van der Waals surface area (Å²) >= 11 is 6.72. The Morgan fingerprint density at radius 1 is 1.46 bits per heavy atom. The summed E-state index contributed by atoms with van der Waals surface area (Å²) in [6.07, 6.45) is 7.49. The molecule has 2 aromatic heterocycles. The molecule has 6 nitrogen and oxygen atoms in total. The monoisotopic (exact) mass is 382 g/mol. The molecule has 2 heterocycles. The van der Waals surface area contributed by atoms with Gasteiger partial charge in [0, 0.05) is 18.4 Å². The molecule has 0 saturated heterocycles. The molecule has 132 valence electrons. The third-order valence-electron chi connectivity index (χ3n) is 3.67. The van der Waals surface area contributed by atoms with Crippen LogP contribution in [0.25, 0.3) is 10.2 Å². The molecule has 0 bridgehead atoms. The number of unbranched alkanes of at least 4 members (excludes halogenated alkanes) is 1. The van der Waals surface area contributed by atoms with Crippen molar-refractivity contribution in [2.45, 2.75) is 19.8 Å². The van der Waals surface area contributed by atoms with E-state index in [1.165, 1.54) is 16.2 Å². The summed E-state index contributed by atoms with van der Waals surface area (Å²) < 4.78 is 1.79. The van der Waals surface area contributed by atoms with Gasteiger partial charge in [0.1, 0.15) is 0 Å². The molecule has 1 aromatic carbocycles. The molecule has 3 rings (SSSR count). The van der Waals surface area contributed by atoms with Gasteiger partial charge in [0.05, 0.1) is 22.1 Å². The zero-order chi connectivity index (χ0) is 18.4. The molecule has 0 spiro atoms. The molecule has 0 fully saturated rings. The molecule has 0 aliphatic heterocycles. The average Bonchev–Trinajstić information content (AvgIpc) is 3.02. The van der Waals surface area contributed by atoms with Crippen LogP contribution in [-0.4, -0.2) is 22.5 Å². The van der Waals surface area contributed by atoms with Gasteiger partial charge in [-0.2, -0.15) is 5.26 Å². The SMILES string of the molecule is CCCCN=C(Nc1ccc2[nH]c(=S)sc2c1)N(C#N)c1cccnc1. The summed E-state index contributed by atoms with van der Waals surface area (Å²) in [5, 5.41) is 12.9. The second-order valence-electron chi connectivity index (χ2n) is 5.56. The van der Waals surface area contributed by atoms with Gasteiger partial charge in [0.2, 0.25) is 5.96 Å². The molecule has 2 N–H and O–H groups in total. The van der Waals surface area contributed by atoms with Crippen molar-refractivity contribution in [1.82, 2.24) is 9.97 Å². The van der Waals surface area contributed by atoms with Crippen molar-refractivity contribution >= 4 is 51.1 Å². The van der Waals surface area contributed by atoms with Crippen molar-refractivity contribution in [1.29, 1.82) is 5.26 Å². The van der Waals surface area contributed by atoms with E-state index in [0.29, 0.717) is 18.2 Å². The number of anilines is 2. The lowest BCUT2D eigenvalue weighted by Crippen LogP contribution is -2.33. The predicted molar refractivity (Wildman–Crippen MR) is 110 cm³/mol. The quantitative estimate of drug-likeness (QED) is 0.164. The smallest absolute Gasteiger partial charge is 0.216 e. The fraction of sp³-hybridized carbons (Fsp3) is 0.222. The van der Waals surface area contributed by atoms with E-state index in [4.69, 9.17) is 12.2 Å². The normalized spacial score (nSPS) is 11.3. The first-order chi connectivity index (χ1) is 12.7. The molecule has 26 heavy (non-hydrogen) atoms. The first-order valence-corrected chi connectivity index (χ1v) is 9.48. The van der Waals surface area contributed by atoms with Crippen LogP contribution in [0.15, 0.2) is 47.7 Å². The lowest BCUT2D eigenvalue weighted by Gasteiger charge is -2.19. The van der Waals surface area contributed by atoms with Gasteiger partial charge in [-0.1, -0.05) is 13.3 Å². The summed E-state index contributed by atoms with van der Waals surface area (Å²) in [5.41, 5.74) is 2.51. The first-order valence-electron chi connectivity index (χ1n) is 8.25. The maximum absolute atomic E-state index is 9.67. The Morgan fingerprint density at radius 3 is 3.08 bits per heavy atom. The van der Waals surface area contributed by atoms with E-state index in [0.717, 1.165) is 32.7 Å². The van der Waals surface area contributed by atoms with Crippen molar-refractivity contribution in [3.05, 3.63) is 46.7 Å². The Labute approximate surface area is 160 Å². The van der Waals surface area contributed by atoms with Gasteiger partial charge in [-0.3, -0.25) is 9.98 Å². The summed E-state index contributed by atoms with van der Waals surface area (Å²) in [7, 11) is 0. The van der Waals surface area contributed by atoms with E-state index in [2.05, 4.69) is 33.4 Å². The van der Waals surface area contributed by atoms with Crippen LogP contribution in [0.3, 0.4) is 0 Å². The fourth-order valence-electron chi connectivity index (χ4n) is 2.37. The number of H-pyrrole nitrogens is 1. The Kier molecular flexibility index (Phi) is 5.94. The molecule has 0 saturated carbocycles. The standard InChI is InChI=1S/C18H18N6S2/c1-2-3-9-21-17(24(12-19)14-5-4-8-20-11-14)22-13-6-7-15-16(10-13)26-18(25)23-15/h4-8,10-11H,2-3,9H2,1H3,(H,21,22)(H,23,25). The first kappa shape index (κ1) is 18.0. The number of nitrogens with one attached hydrogen (secondary N) is 2. The number of nitrogens with zero attached hydrogens (tertiary/aromatic N) is 4. The molecule has 0 radical (unpaired) electrons. The number of thiazole rings is 1.